The predicted octanol–water partition coefficient (Wildman–Crippen LogP) is 5.33. The van der Waals surface area contributed by atoms with Gasteiger partial charge in [0.1, 0.15) is 0 Å². The summed E-state index contributed by atoms with van der Waals surface area (Å²) < 4.78 is 2.62. The lowest BCUT2D eigenvalue weighted by Crippen LogP contribution is -2.48. The monoisotopic (exact) mass is 316 g/mol. The van der Waals surface area contributed by atoms with Crippen LogP contribution >= 0.6 is 0 Å². The highest BCUT2D eigenvalue weighted by Gasteiger charge is 2.19. The molecule has 0 atom stereocenters. The zero-order valence-corrected chi connectivity index (χ0v) is 17.4. The Kier molecular flexibility index (Phi) is 15.9. The lowest BCUT2D eigenvalue weighted by atomic mass is 10.2. The van der Waals surface area contributed by atoms with E-state index in [0.717, 1.165) is 0 Å². The van der Waals surface area contributed by atoms with Gasteiger partial charge in [-0.15, -0.1) is 0 Å². The van der Waals surface area contributed by atoms with Crippen molar-refractivity contribution in [2.45, 2.75) is 81.1 Å². The van der Waals surface area contributed by atoms with E-state index in [9.17, 15) is 0 Å². The molecule has 136 valence electrons. The number of nitrogens with zero attached hydrogens (tertiary/aromatic N) is 2. The lowest BCUT2D eigenvalue weighted by molar-refractivity contribution is -0.923. The van der Waals surface area contributed by atoms with Crippen LogP contribution in [0.2, 0.25) is 0 Å². The molecule has 0 spiro atoms. The highest BCUT2D eigenvalue weighted by Crippen LogP contribution is 2.09. The quantitative estimate of drug-likeness (QED) is 0.337. The maximum Gasteiger partial charge on any atom is 0.0786 e. The van der Waals surface area contributed by atoms with Crippen molar-refractivity contribution in [3.63, 3.8) is 0 Å². The Hall–Kier alpha value is -0.0800. The Labute approximate surface area is 143 Å². The molecule has 0 bridgehead atoms. The number of unbranched alkanes of at least 4 members (excludes halogenated alkanes) is 2. The summed E-state index contributed by atoms with van der Waals surface area (Å²) in [6.07, 6.45) is 5.47. The summed E-state index contributed by atoms with van der Waals surface area (Å²) in [6.45, 7) is 28.9. The van der Waals surface area contributed by atoms with Gasteiger partial charge in [0.05, 0.1) is 52.4 Å². The summed E-state index contributed by atoms with van der Waals surface area (Å²) >= 11 is 0. The third-order valence-electron chi connectivity index (χ3n) is 5.96. The summed E-state index contributed by atoms with van der Waals surface area (Å²) in [5.74, 6) is 0. The molecule has 0 amide bonds. The molecule has 0 unspecified atom stereocenters. The molecule has 2 nitrogen and oxygen atoms in total. The van der Waals surface area contributed by atoms with Crippen molar-refractivity contribution < 1.29 is 8.97 Å². The Bertz CT molecular complexity index is 201. The van der Waals surface area contributed by atoms with Gasteiger partial charge in [-0.1, -0.05) is 20.3 Å². The van der Waals surface area contributed by atoms with E-state index in [2.05, 4.69) is 55.4 Å². The third-order valence-corrected chi connectivity index (χ3v) is 5.96. The fraction of sp³-hybridized carbons (Fsp3) is 1.00. The molecule has 0 saturated carbocycles. The maximum atomic E-state index is 2.32. The molecule has 0 heterocycles. The number of hydrogen-bond acceptors (Lipinski definition) is 0. The second-order valence-corrected chi connectivity index (χ2v) is 6.73. The van der Waals surface area contributed by atoms with Crippen LogP contribution in [0.25, 0.3) is 0 Å². The van der Waals surface area contributed by atoms with Crippen molar-refractivity contribution in [3.8, 4) is 0 Å². The van der Waals surface area contributed by atoms with E-state index in [0.29, 0.717) is 0 Å². The fourth-order valence-electron chi connectivity index (χ4n) is 3.46. The summed E-state index contributed by atoms with van der Waals surface area (Å²) in [5.41, 5.74) is 0. The molecule has 2 heteroatoms. The van der Waals surface area contributed by atoms with Crippen LogP contribution in [0.5, 0.6) is 0 Å². The van der Waals surface area contributed by atoms with E-state index in [1.807, 2.05) is 0 Å². The third kappa shape index (κ3) is 9.15. The first-order valence-corrected chi connectivity index (χ1v) is 10.2. The molecule has 0 aromatic rings. The molecule has 0 aliphatic carbocycles. The van der Waals surface area contributed by atoms with Gasteiger partial charge in [0.25, 0.3) is 0 Å². The topological polar surface area (TPSA) is 0 Å². The minimum atomic E-state index is 1.29. The molecular formula is C20H48N2+2. The molecule has 0 fully saturated rings. The molecule has 0 radical (unpaired) electrons. The Balaban J connectivity index is 0. The van der Waals surface area contributed by atoms with Gasteiger partial charge in [-0.05, 0) is 60.8 Å². The van der Waals surface area contributed by atoms with E-state index in [-0.39, 0.29) is 0 Å². The molecule has 22 heavy (non-hydrogen) atoms. The van der Waals surface area contributed by atoms with E-state index in [1.165, 1.54) is 87.0 Å². The van der Waals surface area contributed by atoms with E-state index in [1.54, 1.807) is 0 Å². The summed E-state index contributed by atoms with van der Waals surface area (Å²) in [6, 6.07) is 0. The molecule has 0 aliphatic heterocycles. The zero-order valence-electron chi connectivity index (χ0n) is 17.4. The van der Waals surface area contributed by atoms with Crippen molar-refractivity contribution in [1.29, 1.82) is 0 Å². The van der Waals surface area contributed by atoms with Gasteiger partial charge < -0.3 is 8.97 Å². The van der Waals surface area contributed by atoms with E-state index >= 15 is 0 Å². The lowest BCUT2D eigenvalue weighted by Gasteiger charge is -2.35. The van der Waals surface area contributed by atoms with Crippen LogP contribution in [-0.4, -0.2) is 61.3 Å². The second-order valence-electron chi connectivity index (χ2n) is 6.73. The van der Waals surface area contributed by atoms with E-state index in [4.69, 9.17) is 0 Å². The van der Waals surface area contributed by atoms with Crippen molar-refractivity contribution in [2.75, 3.05) is 52.4 Å². The van der Waals surface area contributed by atoms with Crippen LogP contribution in [0.1, 0.15) is 81.1 Å². The van der Waals surface area contributed by atoms with Gasteiger partial charge in [-0.2, -0.15) is 0 Å². The SMILES string of the molecule is CCCCC[N+](CC)(CC)CC.CCC[N+](CC)(CC)CC. The van der Waals surface area contributed by atoms with Gasteiger partial charge in [0, 0.05) is 0 Å². The molecule has 0 aromatic heterocycles. The zero-order chi connectivity index (χ0) is 17.5. The Morgan fingerprint density at radius 3 is 1.00 bits per heavy atom. The first kappa shape index (κ1) is 24.2. The van der Waals surface area contributed by atoms with Crippen molar-refractivity contribution in [2.24, 2.45) is 0 Å². The molecule has 0 aromatic carbocycles. The summed E-state index contributed by atoms with van der Waals surface area (Å²) in [4.78, 5) is 0. The largest absolute Gasteiger partial charge is 0.324 e. The summed E-state index contributed by atoms with van der Waals surface area (Å²) in [7, 11) is 0. The first-order valence-electron chi connectivity index (χ1n) is 10.2. The molecule has 0 rings (SSSR count). The average molecular weight is 317 g/mol. The maximum absolute atomic E-state index is 2.32. The van der Waals surface area contributed by atoms with Crippen LogP contribution in [-0.2, 0) is 0 Å². The van der Waals surface area contributed by atoms with Crippen LogP contribution in [0, 0.1) is 0 Å². The first-order chi connectivity index (χ1) is 10.5. The predicted molar refractivity (Wildman–Crippen MR) is 103 cm³/mol. The minimum absolute atomic E-state index is 1.29. The number of hydrogen-bond donors (Lipinski definition) is 0. The van der Waals surface area contributed by atoms with Crippen LogP contribution in [0.15, 0.2) is 0 Å². The van der Waals surface area contributed by atoms with Gasteiger partial charge in [-0.25, -0.2) is 0 Å². The highest BCUT2D eigenvalue weighted by atomic mass is 15.3. The second kappa shape index (κ2) is 14.5. The average Bonchev–Trinajstić information content (AvgIpc) is 2.58. The number of quaternary nitrogens is 2. The van der Waals surface area contributed by atoms with Gasteiger partial charge in [0.15, 0.2) is 0 Å². The van der Waals surface area contributed by atoms with Crippen molar-refractivity contribution in [1.82, 2.24) is 0 Å². The molecule has 0 saturated heterocycles. The molecule has 0 N–H and O–H groups in total. The Morgan fingerprint density at radius 1 is 0.409 bits per heavy atom. The highest BCUT2D eigenvalue weighted by molar-refractivity contribution is 4.41. The van der Waals surface area contributed by atoms with Crippen LogP contribution in [0.3, 0.4) is 0 Å². The Morgan fingerprint density at radius 2 is 0.773 bits per heavy atom. The van der Waals surface area contributed by atoms with Crippen LogP contribution in [0.4, 0.5) is 0 Å². The van der Waals surface area contributed by atoms with Crippen molar-refractivity contribution >= 4 is 0 Å². The van der Waals surface area contributed by atoms with E-state index < -0.39 is 0 Å². The van der Waals surface area contributed by atoms with Crippen molar-refractivity contribution in [3.05, 3.63) is 0 Å². The number of rotatable bonds is 12. The van der Waals surface area contributed by atoms with Gasteiger partial charge in [0.2, 0.25) is 0 Å². The smallest absolute Gasteiger partial charge is 0.0786 e. The normalized spacial score (nSPS) is 12.0. The van der Waals surface area contributed by atoms with Gasteiger partial charge >= 0.3 is 0 Å². The van der Waals surface area contributed by atoms with Crippen LogP contribution < -0.4 is 0 Å². The standard InChI is InChI=1S/C11H26N.C9H22N/c1-5-9-10-11-12(6-2,7-3)8-4;1-5-9-10(6-2,7-3)8-4/h5-11H2,1-4H3;5-9H2,1-4H3/q2*+1. The molecular weight excluding hydrogens is 268 g/mol. The summed E-state index contributed by atoms with van der Waals surface area (Å²) in [5, 5.41) is 0. The minimum Gasteiger partial charge on any atom is -0.324 e. The fourth-order valence-corrected chi connectivity index (χ4v) is 3.46. The van der Waals surface area contributed by atoms with Gasteiger partial charge in [-0.3, -0.25) is 0 Å². The molecule has 0 aliphatic rings.